The van der Waals surface area contributed by atoms with Gasteiger partial charge in [-0.25, -0.2) is 15.6 Å². The molecule has 15 heteroatoms. The van der Waals surface area contributed by atoms with E-state index in [1.165, 1.54) is 22.0 Å². The smallest absolute Gasteiger partial charge is 0.327 e. The number of carboxylic acids is 1. The summed E-state index contributed by atoms with van der Waals surface area (Å²) in [5.74, 6) is 1.86. The molecule has 2 aliphatic rings. The number of oxime groups is 1. The predicted molar refractivity (Wildman–Crippen MR) is 107 cm³/mol. The van der Waals surface area contributed by atoms with Crippen LogP contribution >= 0.6 is 23.1 Å². The summed E-state index contributed by atoms with van der Waals surface area (Å²) >= 11 is 2.34. The molecular formula is C15H19N7O6S2. The standard InChI is InChI=1S/C15H19N7O6S2/c1-15(2)9(13(26)27)22-11(25)8(12(22)30-15)19-10(24)7(5-4-29-14(16)18-5)21-28-3-6(23)20-17/h4,8-9,12H,3,17H2,1-2H3,(H2,16,18)(H,19,24)(H,20,23)(H,26,27)/t8-,9+,12-/m1/s1. The van der Waals surface area contributed by atoms with Gasteiger partial charge in [-0.15, -0.1) is 23.1 Å². The largest absolute Gasteiger partial charge is 0.480 e. The van der Waals surface area contributed by atoms with Crippen LogP contribution in [0.25, 0.3) is 0 Å². The number of aromatic nitrogens is 1. The van der Waals surface area contributed by atoms with E-state index in [1.807, 2.05) is 5.43 Å². The van der Waals surface area contributed by atoms with Crippen molar-refractivity contribution in [1.82, 2.24) is 20.6 Å². The number of rotatable bonds is 7. The molecule has 0 spiro atoms. The molecular weight excluding hydrogens is 438 g/mol. The van der Waals surface area contributed by atoms with E-state index in [0.717, 1.165) is 11.3 Å². The highest BCUT2D eigenvalue weighted by Gasteiger charge is 2.64. The van der Waals surface area contributed by atoms with Crippen molar-refractivity contribution in [2.75, 3.05) is 12.3 Å². The number of aliphatic carboxylic acids is 1. The van der Waals surface area contributed by atoms with Crippen molar-refractivity contribution in [3.8, 4) is 0 Å². The van der Waals surface area contributed by atoms with E-state index in [-0.39, 0.29) is 16.5 Å². The summed E-state index contributed by atoms with van der Waals surface area (Å²) in [4.78, 5) is 58.2. The van der Waals surface area contributed by atoms with E-state index in [1.54, 1.807) is 13.8 Å². The molecule has 0 aliphatic carbocycles. The van der Waals surface area contributed by atoms with Crippen LogP contribution in [0.1, 0.15) is 19.5 Å². The van der Waals surface area contributed by atoms with Crippen LogP contribution < -0.4 is 22.3 Å². The third-order valence-electron chi connectivity index (χ3n) is 4.45. The second kappa shape index (κ2) is 8.08. The first-order valence-electron chi connectivity index (χ1n) is 8.51. The van der Waals surface area contributed by atoms with Crippen molar-refractivity contribution >= 4 is 57.6 Å². The first-order chi connectivity index (χ1) is 14.1. The number of hydrogen-bond donors (Lipinski definition) is 5. The molecule has 30 heavy (non-hydrogen) atoms. The minimum absolute atomic E-state index is 0.0922. The molecule has 0 aromatic carbocycles. The van der Waals surface area contributed by atoms with Crippen molar-refractivity contribution in [2.45, 2.75) is 36.1 Å². The number of nitrogens with zero attached hydrogens (tertiary/aromatic N) is 3. The molecule has 2 aliphatic heterocycles. The monoisotopic (exact) mass is 457 g/mol. The number of carbonyl (C=O) groups is 4. The number of fused-ring (bicyclic) bond motifs is 1. The van der Waals surface area contributed by atoms with E-state index < -0.39 is 52.5 Å². The minimum Gasteiger partial charge on any atom is -0.480 e. The van der Waals surface area contributed by atoms with Gasteiger partial charge in [0.2, 0.25) is 5.91 Å². The number of nitrogen functional groups attached to an aromatic ring is 1. The molecule has 1 aromatic heterocycles. The van der Waals surface area contributed by atoms with Gasteiger partial charge in [-0.1, -0.05) is 5.16 Å². The van der Waals surface area contributed by atoms with Crippen LogP contribution in [0.3, 0.4) is 0 Å². The fourth-order valence-electron chi connectivity index (χ4n) is 3.15. The van der Waals surface area contributed by atoms with Gasteiger partial charge in [0.05, 0.1) is 0 Å². The summed E-state index contributed by atoms with van der Waals surface area (Å²) < 4.78 is -0.732. The van der Waals surface area contributed by atoms with Gasteiger partial charge in [0, 0.05) is 10.1 Å². The molecule has 3 atom stereocenters. The second-order valence-corrected chi connectivity index (χ2v) is 9.56. The first-order valence-corrected chi connectivity index (χ1v) is 10.3. The number of hydrogen-bond acceptors (Lipinski definition) is 11. The molecule has 0 bridgehead atoms. The van der Waals surface area contributed by atoms with Crippen LogP contribution in [-0.2, 0) is 24.0 Å². The highest BCUT2D eigenvalue weighted by molar-refractivity contribution is 8.01. The number of nitrogens with one attached hydrogen (secondary N) is 2. The van der Waals surface area contributed by atoms with Gasteiger partial charge >= 0.3 is 5.97 Å². The zero-order chi connectivity index (χ0) is 22.2. The Labute approximate surface area is 178 Å². The third-order valence-corrected chi connectivity index (χ3v) is 6.70. The van der Waals surface area contributed by atoms with Gasteiger partial charge in [0.25, 0.3) is 11.8 Å². The molecule has 0 radical (unpaired) electrons. The normalized spacial score (nSPS) is 24.6. The van der Waals surface area contributed by atoms with E-state index in [9.17, 15) is 24.3 Å². The Balaban J connectivity index is 1.77. The zero-order valence-electron chi connectivity index (χ0n) is 15.8. The lowest BCUT2D eigenvalue weighted by molar-refractivity contribution is -0.160. The molecule has 1 aromatic rings. The topological polar surface area (TPSA) is 202 Å². The fourth-order valence-corrected chi connectivity index (χ4v) is 5.33. The van der Waals surface area contributed by atoms with Crippen molar-refractivity contribution < 1.29 is 29.1 Å². The van der Waals surface area contributed by atoms with Crippen LogP contribution in [-0.4, -0.2) is 73.2 Å². The number of carboxylic acid groups (broad SMARTS) is 1. The Morgan fingerprint density at radius 2 is 2.13 bits per heavy atom. The Hall–Kier alpha value is -2.91. The van der Waals surface area contributed by atoms with Crippen molar-refractivity contribution in [2.24, 2.45) is 11.0 Å². The number of thiazole rings is 1. The number of anilines is 1. The van der Waals surface area contributed by atoms with Crippen LogP contribution in [0.5, 0.6) is 0 Å². The Kier molecular flexibility index (Phi) is 5.87. The van der Waals surface area contributed by atoms with Gasteiger partial charge in [-0.2, -0.15) is 0 Å². The molecule has 7 N–H and O–H groups in total. The molecule has 2 saturated heterocycles. The van der Waals surface area contributed by atoms with Crippen molar-refractivity contribution in [1.29, 1.82) is 0 Å². The molecule has 3 amide bonds. The summed E-state index contributed by atoms with van der Waals surface area (Å²) in [7, 11) is 0. The lowest BCUT2D eigenvalue weighted by atomic mass is 9.96. The molecule has 3 rings (SSSR count). The fraction of sp³-hybridized carbons (Fsp3) is 0.467. The number of hydrazine groups is 1. The molecule has 13 nitrogen and oxygen atoms in total. The number of thioether (sulfide) groups is 1. The molecule has 0 unspecified atom stereocenters. The van der Waals surface area contributed by atoms with Crippen LogP contribution in [0, 0.1) is 0 Å². The third kappa shape index (κ3) is 3.90. The van der Waals surface area contributed by atoms with Gasteiger partial charge in [-0.3, -0.25) is 19.8 Å². The predicted octanol–water partition coefficient (Wildman–Crippen LogP) is -1.93. The first kappa shape index (κ1) is 21.8. The summed E-state index contributed by atoms with van der Waals surface area (Å²) in [6.07, 6.45) is 0. The Morgan fingerprint density at radius 3 is 2.70 bits per heavy atom. The molecule has 2 fully saturated rings. The average molecular weight is 457 g/mol. The lowest BCUT2D eigenvalue weighted by Gasteiger charge is -2.43. The SMILES string of the molecule is CC1(C)S[C@@H]2[C@H](NC(=O)C(=NOCC(=O)NN)c3csc(N)n3)C(=O)N2[C@H]1C(=O)O. The van der Waals surface area contributed by atoms with Crippen LogP contribution in [0.2, 0.25) is 0 Å². The number of nitrogens with two attached hydrogens (primary N) is 2. The van der Waals surface area contributed by atoms with Gasteiger partial charge in [0.1, 0.15) is 23.2 Å². The van der Waals surface area contributed by atoms with E-state index in [0.29, 0.717) is 0 Å². The van der Waals surface area contributed by atoms with Crippen molar-refractivity contribution in [3.63, 3.8) is 0 Å². The Bertz CT molecular complexity index is 932. The summed E-state index contributed by atoms with van der Waals surface area (Å²) in [6, 6.07) is -1.95. The second-order valence-electron chi connectivity index (χ2n) is 6.90. The number of β-lactam (4-membered cyclic amide) rings is 1. The van der Waals surface area contributed by atoms with Crippen molar-refractivity contribution in [3.05, 3.63) is 11.1 Å². The highest BCUT2D eigenvalue weighted by Crippen LogP contribution is 2.50. The van der Waals surface area contributed by atoms with Crippen LogP contribution in [0.15, 0.2) is 10.5 Å². The summed E-state index contributed by atoms with van der Waals surface area (Å²) in [6.45, 7) is 2.90. The Morgan fingerprint density at radius 1 is 1.43 bits per heavy atom. The maximum absolute atomic E-state index is 12.8. The summed E-state index contributed by atoms with van der Waals surface area (Å²) in [5, 5.41) is 16.7. The minimum atomic E-state index is -1.11. The lowest BCUT2D eigenvalue weighted by Crippen LogP contribution is -2.71. The van der Waals surface area contributed by atoms with Gasteiger partial charge in [-0.05, 0) is 13.8 Å². The maximum atomic E-state index is 12.8. The maximum Gasteiger partial charge on any atom is 0.327 e. The molecule has 162 valence electrons. The zero-order valence-corrected chi connectivity index (χ0v) is 17.5. The van der Waals surface area contributed by atoms with E-state index >= 15 is 0 Å². The number of amides is 3. The highest BCUT2D eigenvalue weighted by atomic mass is 32.2. The van der Waals surface area contributed by atoms with Gasteiger partial charge < -0.3 is 25.9 Å². The van der Waals surface area contributed by atoms with Crippen LogP contribution in [0.4, 0.5) is 5.13 Å². The van der Waals surface area contributed by atoms with Gasteiger partial charge in [0.15, 0.2) is 17.5 Å². The number of carbonyl (C=O) groups excluding carboxylic acids is 3. The van der Waals surface area contributed by atoms with E-state index in [4.69, 9.17) is 16.4 Å². The summed E-state index contributed by atoms with van der Waals surface area (Å²) in [5.41, 5.74) is 7.24. The average Bonchev–Trinajstić information content (AvgIpc) is 3.21. The molecule has 3 heterocycles. The van der Waals surface area contributed by atoms with E-state index in [2.05, 4.69) is 15.5 Å². The molecule has 0 saturated carbocycles. The quantitative estimate of drug-likeness (QED) is 0.101.